The fourth-order valence-electron chi connectivity index (χ4n) is 1.98. The smallest absolute Gasteiger partial charge is 0.247 e. The van der Waals surface area contributed by atoms with E-state index in [1.165, 1.54) is 23.7 Å². The van der Waals surface area contributed by atoms with Crippen LogP contribution in [0.5, 0.6) is 5.75 Å². The van der Waals surface area contributed by atoms with E-state index >= 15 is 0 Å². The summed E-state index contributed by atoms with van der Waals surface area (Å²) in [5.74, 6) is 0.838. The van der Waals surface area contributed by atoms with Crippen LogP contribution in [0.3, 0.4) is 0 Å². The second kappa shape index (κ2) is 6.19. The number of rotatable bonds is 6. The Hall–Kier alpha value is -1.99. The molecule has 21 heavy (non-hydrogen) atoms. The molecule has 0 saturated carbocycles. The summed E-state index contributed by atoms with van der Waals surface area (Å²) in [7, 11) is -2.30. The number of hydrogen-bond acceptors (Lipinski definition) is 5. The molecule has 0 aliphatic carbocycles. The number of nitrogens with zero attached hydrogens (tertiary/aromatic N) is 1. The SMILES string of the molecule is CCN(Cc1ccco1)S(=O)(=O)c1cc(N)ccc1OC. The molecule has 2 aromatic rings. The molecule has 0 amide bonds. The van der Waals surface area contributed by atoms with Crippen molar-refractivity contribution in [3.05, 3.63) is 42.4 Å². The van der Waals surface area contributed by atoms with Crippen molar-refractivity contribution in [2.45, 2.75) is 18.4 Å². The highest BCUT2D eigenvalue weighted by atomic mass is 32.2. The predicted molar refractivity (Wildman–Crippen MR) is 79.4 cm³/mol. The van der Waals surface area contributed by atoms with Gasteiger partial charge in [0.2, 0.25) is 10.0 Å². The van der Waals surface area contributed by atoms with Gasteiger partial charge in [-0.1, -0.05) is 6.92 Å². The molecule has 1 aromatic heterocycles. The molecule has 6 nitrogen and oxygen atoms in total. The average Bonchev–Trinajstić information content (AvgIpc) is 2.97. The highest BCUT2D eigenvalue weighted by Gasteiger charge is 2.27. The molecule has 0 bridgehead atoms. The molecule has 0 aliphatic rings. The fourth-order valence-corrected chi connectivity index (χ4v) is 3.58. The first kappa shape index (κ1) is 15.4. The lowest BCUT2D eigenvalue weighted by Crippen LogP contribution is -2.30. The Bertz CT molecular complexity index is 696. The van der Waals surface area contributed by atoms with Crippen molar-refractivity contribution in [3.8, 4) is 5.75 Å². The first-order valence-electron chi connectivity index (χ1n) is 6.45. The third kappa shape index (κ3) is 3.20. The lowest BCUT2D eigenvalue weighted by Gasteiger charge is -2.21. The van der Waals surface area contributed by atoms with Crippen LogP contribution in [0, 0.1) is 0 Å². The summed E-state index contributed by atoms with van der Waals surface area (Å²) in [5, 5.41) is 0. The highest BCUT2D eigenvalue weighted by molar-refractivity contribution is 7.89. The Morgan fingerprint density at radius 2 is 2.10 bits per heavy atom. The monoisotopic (exact) mass is 310 g/mol. The molecule has 0 aliphatic heterocycles. The average molecular weight is 310 g/mol. The summed E-state index contributed by atoms with van der Waals surface area (Å²) in [4.78, 5) is 0.0541. The molecule has 114 valence electrons. The van der Waals surface area contributed by atoms with Gasteiger partial charge in [0.05, 0.1) is 19.9 Å². The highest BCUT2D eigenvalue weighted by Crippen LogP contribution is 2.29. The van der Waals surface area contributed by atoms with Gasteiger partial charge in [0.1, 0.15) is 16.4 Å². The van der Waals surface area contributed by atoms with Gasteiger partial charge in [-0.25, -0.2) is 8.42 Å². The normalized spacial score (nSPS) is 11.8. The van der Waals surface area contributed by atoms with Gasteiger partial charge in [-0.15, -0.1) is 0 Å². The number of benzene rings is 1. The standard InChI is InChI=1S/C14H18N2O4S/c1-3-16(10-12-5-4-8-20-12)21(17,18)14-9-11(15)6-7-13(14)19-2/h4-9H,3,10,15H2,1-2H3. The number of furan rings is 1. The fraction of sp³-hybridized carbons (Fsp3) is 0.286. The van der Waals surface area contributed by atoms with Crippen molar-refractivity contribution in [2.75, 3.05) is 19.4 Å². The van der Waals surface area contributed by atoms with Crippen LogP contribution in [0.2, 0.25) is 0 Å². The summed E-state index contributed by atoms with van der Waals surface area (Å²) in [6.07, 6.45) is 1.51. The van der Waals surface area contributed by atoms with Gasteiger partial charge in [-0.2, -0.15) is 4.31 Å². The minimum atomic E-state index is -3.72. The van der Waals surface area contributed by atoms with Crippen molar-refractivity contribution in [2.24, 2.45) is 0 Å². The van der Waals surface area contributed by atoms with E-state index in [4.69, 9.17) is 14.9 Å². The predicted octanol–water partition coefficient (Wildman–Crippen LogP) is 2.08. The molecule has 1 heterocycles. The van der Waals surface area contributed by atoms with Gasteiger partial charge in [-0.05, 0) is 30.3 Å². The van der Waals surface area contributed by atoms with E-state index < -0.39 is 10.0 Å². The van der Waals surface area contributed by atoms with Crippen molar-refractivity contribution in [1.29, 1.82) is 0 Å². The van der Waals surface area contributed by atoms with Crippen LogP contribution >= 0.6 is 0 Å². The molecule has 2 N–H and O–H groups in total. The lowest BCUT2D eigenvalue weighted by atomic mass is 10.3. The summed E-state index contributed by atoms with van der Waals surface area (Å²) in [6.45, 7) is 2.23. The molecule has 0 fully saturated rings. The molecule has 0 saturated heterocycles. The number of nitrogen functional groups attached to an aromatic ring is 1. The van der Waals surface area contributed by atoms with Crippen LogP contribution in [0.15, 0.2) is 45.9 Å². The zero-order chi connectivity index (χ0) is 15.5. The van der Waals surface area contributed by atoms with E-state index in [0.29, 0.717) is 18.0 Å². The maximum absolute atomic E-state index is 12.8. The third-order valence-electron chi connectivity index (χ3n) is 3.07. The van der Waals surface area contributed by atoms with Crippen LogP contribution in [0.25, 0.3) is 0 Å². The van der Waals surface area contributed by atoms with Gasteiger partial charge >= 0.3 is 0 Å². The first-order chi connectivity index (χ1) is 9.98. The number of hydrogen-bond donors (Lipinski definition) is 1. The van der Waals surface area contributed by atoms with Gasteiger partial charge in [0, 0.05) is 12.2 Å². The van der Waals surface area contributed by atoms with Gasteiger partial charge in [0.15, 0.2) is 0 Å². The summed E-state index contributed by atoms with van der Waals surface area (Å²) in [6, 6.07) is 7.99. The maximum Gasteiger partial charge on any atom is 0.247 e. The van der Waals surface area contributed by atoms with E-state index in [1.54, 1.807) is 31.2 Å². The second-order valence-electron chi connectivity index (χ2n) is 4.42. The molecular weight excluding hydrogens is 292 g/mol. The first-order valence-corrected chi connectivity index (χ1v) is 7.89. The minimum absolute atomic E-state index is 0.0541. The van der Waals surface area contributed by atoms with E-state index in [1.807, 2.05) is 0 Å². The Morgan fingerprint density at radius 3 is 2.67 bits per heavy atom. The second-order valence-corrected chi connectivity index (χ2v) is 6.33. The van der Waals surface area contributed by atoms with E-state index in [9.17, 15) is 8.42 Å². The Kier molecular flexibility index (Phi) is 4.54. The summed E-state index contributed by atoms with van der Waals surface area (Å²) >= 11 is 0. The van der Waals surface area contributed by atoms with Crippen molar-refractivity contribution < 1.29 is 17.6 Å². The van der Waals surface area contributed by atoms with Crippen LogP contribution in [0.4, 0.5) is 5.69 Å². The van der Waals surface area contributed by atoms with Gasteiger partial charge < -0.3 is 14.9 Å². The Labute approximate surface area is 124 Å². The third-order valence-corrected chi connectivity index (χ3v) is 5.01. The van der Waals surface area contributed by atoms with Crippen LogP contribution < -0.4 is 10.5 Å². The maximum atomic E-state index is 12.8. The number of methoxy groups -OCH3 is 1. The quantitative estimate of drug-likeness (QED) is 0.826. The van der Waals surface area contributed by atoms with Gasteiger partial charge in [0.25, 0.3) is 0 Å². The van der Waals surface area contributed by atoms with Gasteiger partial charge in [-0.3, -0.25) is 0 Å². The Balaban J connectivity index is 2.41. The van der Waals surface area contributed by atoms with Crippen molar-refractivity contribution in [3.63, 3.8) is 0 Å². The van der Waals surface area contributed by atoms with E-state index in [0.717, 1.165) is 0 Å². The Morgan fingerprint density at radius 1 is 1.33 bits per heavy atom. The van der Waals surface area contributed by atoms with E-state index in [-0.39, 0.29) is 17.2 Å². The zero-order valence-corrected chi connectivity index (χ0v) is 12.8. The molecule has 0 radical (unpaired) electrons. The number of sulfonamides is 1. The zero-order valence-electron chi connectivity index (χ0n) is 11.9. The molecule has 7 heteroatoms. The summed E-state index contributed by atoms with van der Waals surface area (Å²) in [5.41, 5.74) is 6.06. The van der Waals surface area contributed by atoms with E-state index in [2.05, 4.69) is 0 Å². The topological polar surface area (TPSA) is 85.8 Å². The van der Waals surface area contributed by atoms with Crippen LogP contribution in [-0.2, 0) is 16.6 Å². The summed E-state index contributed by atoms with van der Waals surface area (Å²) < 4.78 is 37.2. The van der Waals surface area contributed by atoms with Crippen LogP contribution in [0.1, 0.15) is 12.7 Å². The molecule has 0 spiro atoms. The lowest BCUT2D eigenvalue weighted by molar-refractivity contribution is 0.368. The number of anilines is 1. The van der Waals surface area contributed by atoms with Crippen molar-refractivity contribution >= 4 is 15.7 Å². The van der Waals surface area contributed by atoms with Crippen molar-refractivity contribution in [1.82, 2.24) is 4.31 Å². The number of ether oxygens (including phenoxy) is 1. The largest absolute Gasteiger partial charge is 0.495 e. The molecule has 2 rings (SSSR count). The molecule has 0 atom stereocenters. The molecule has 1 aromatic carbocycles. The molecular formula is C14H18N2O4S. The molecule has 0 unspecified atom stereocenters. The van der Waals surface area contributed by atoms with Crippen LogP contribution in [-0.4, -0.2) is 26.4 Å². The minimum Gasteiger partial charge on any atom is -0.495 e. The number of nitrogens with two attached hydrogens (primary N) is 1.